The first-order valence-electron chi connectivity index (χ1n) is 5.10. The molecular formula is C11H13N2O3. The minimum Gasteiger partial charge on any atom is -0.506 e. The van der Waals surface area contributed by atoms with E-state index in [1.807, 2.05) is 0 Å². The lowest BCUT2D eigenvalue weighted by Gasteiger charge is -2.22. The normalized spacial score (nSPS) is 16.5. The molecule has 0 bridgehead atoms. The average Bonchev–Trinajstić information content (AvgIpc) is 2.29. The van der Waals surface area contributed by atoms with Gasteiger partial charge in [-0.15, -0.1) is 0 Å². The van der Waals surface area contributed by atoms with Gasteiger partial charge in [0.1, 0.15) is 5.75 Å². The van der Waals surface area contributed by atoms with Crippen LogP contribution >= 0.6 is 0 Å². The monoisotopic (exact) mass is 221 g/mol. The van der Waals surface area contributed by atoms with Crippen LogP contribution < -0.4 is 11.1 Å². The number of aromatic hydroxyl groups is 1. The third-order valence-corrected chi connectivity index (χ3v) is 2.75. The predicted molar refractivity (Wildman–Crippen MR) is 58.0 cm³/mol. The van der Waals surface area contributed by atoms with Gasteiger partial charge in [-0.05, 0) is 23.6 Å². The third-order valence-electron chi connectivity index (χ3n) is 2.75. The number of anilines is 1. The van der Waals surface area contributed by atoms with Crippen LogP contribution in [-0.4, -0.2) is 22.7 Å². The molecule has 0 aliphatic carbocycles. The largest absolute Gasteiger partial charge is 0.506 e. The van der Waals surface area contributed by atoms with Gasteiger partial charge in [-0.2, -0.15) is 0 Å². The van der Waals surface area contributed by atoms with E-state index in [2.05, 4.69) is 5.32 Å². The Hall–Kier alpha value is -1.59. The molecule has 0 aromatic heterocycles. The van der Waals surface area contributed by atoms with Crippen LogP contribution in [0.4, 0.5) is 5.69 Å². The molecule has 5 nitrogen and oxygen atoms in total. The number of phenolic OH excluding ortho intramolecular Hbond substituents is 1. The number of benzene rings is 1. The summed E-state index contributed by atoms with van der Waals surface area (Å²) < 4.78 is 0. The highest BCUT2D eigenvalue weighted by atomic mass is 16.3. The second-order valence-corrected chi connectivity index (χ2v) is 3.80. The summed E-state index contributed by atoms with van der Waals surface area (Å²) in [4.78, 5) is 11.2. The zero-order chi connectivity index (χ0) is 11.7. The summed E-state index contributed by atoms with van der Waals surface area (Å²) >= 11 is 0. The minimum atomic E-state index is -0.871. The molecule has 4 N–H and O–H groups in total. The quantitative estimate of drug-likeness (QED) is 0.638. The second-order valence-electron chi connectivity index (χ2n) is 3.80. The van der Waals surface area contributed by atoms with Crippen LogP contribution in [0.25, 0.3) is 0 Å². The average molecular weight is 221 g/mol. The van der Waals surface area contributed by atoms with E-state index in [9.17, 15) is 15.0 Å². The molecule has 1 aliphatic rings. The third kappa shape index (κ3) is 1.75. The number of hydrogen-bond donors (Lipinski definition) is 3. The van der Waals surface area contributed by atoms with Crippen LogP contribution in [0.5, 0.6) is 5.75 Å². The Balaban J connectivity index is 2.50. The first-order valence-corrected chi connectivity index (χ1v) is 5.10. The van der Waals surface area contributed by atoms with Gasteiger partial charge in [-0.25, -0.2) is 0 Å². The SMILES string of the molecule is [NH]CC(O)c1ccc(O)c2c1CCC(=O)N2. The van der Waals surface area contributed by atoms with E-state index in [1.54, 1.807) is 6.07 Å². The van der Waals surface area contributed by atoms with Crippen LogP contribution in [-0.2, 0) is 11.2 Å². The zero-order valence-electron chi connectivity index (χ0n) is 8.66. The van der Waals surface area contributed by atoms with Crippen molar-refractivity contribution >= 4 is 11.6 Å². The lowest BCUT2D eigenvalue weighted by atomic mass is 9.93. The summed E-state index contributed by atoms with van der Waals surface area (Å²) in [5.74, 6) is -0.135. The fourth-order valence-corrected chi connectivity index (χ4v) is 1.92. The predicted octanol–water partition coefficient (Wildman–Crippen LogP) is 0.593. The number of hydrogen-bond acceptors (Lipinski definition) is 3. The van der Waals surface area contributed by atoms with Gasteiger partial charge in [-0.3, -0.25) is 10.5 Å². The number of carbonyl (C=O) groups is 1. The van der Waals surface area contributed by atoms with Crippen molar-refractivity contribution in [3.63, 3.8) is 0 Å². The van der Waals surface area contributed by atoms with Gasteiger partial charge >= 0.3 is 0 Å². The van der Waals surface area contributed by atoms with Crippen molar-refractivity contribution in [1.29, 1.82) is 0 Å². The number of nitrogens with one attached hydrogen (secondary N) is 2. The number of rotatable bonds is 2. The van der Waals surface area contributed by atoms with Crippen molar-refractivity contribution in [3.8, 4) is 5.75 Å². The van der Waals surface area contributed by atoms with Gasteiger partial charge in [0.05, 0.1) is 11.8 Å². The summed E-state index contributed by atoms with van der Waals surface area (Å²) in [6.45, 7) is -0.134. The van der Waals surface area contributed by atoms with Crippen LogP contribution in [0.3, 0.4) is 0 Å². The maximum absolute atomic E-state index is 11.2. The highest BCUT2D eigenvalue weighted by Crippen LogP contribution is 2.36. The first kappa shape index (κ1) is 10.9. The summed E-state index contributed by atoms with van der Waals surface area (Å²) in [6.07, 6.45) is -0.0415. The van der Waals surface area contributed by atoms with E-state index in [0.717, 1.165) is 5.56 Å². The van der Waals surface area contributed by atoms with E-state index >= 15 is 0 Å². The number of carbonyl (C=O) groups excluding carboxylic acids is 1. The molecule has 1 amide bonds. The maximum atomic E-state index is 11.2. The molecule has 0 saturated heterocycles. The van der Waals surface area contributed by atoms with E-state index in [-0.39, 0.29) is 18.2 Å². The van der Waals surface area contributed by atoms with Gasteiger partial charge in [0.2, 0.25) is 5.91 Å². The van der Waals surface area contributed by atoms with E-state index in [4.69, 9.17) is 5.73 Å². The molecule has 1 aromatic carbocycles. The summed E-state index contributed by atoms with van der Waals surface area (Å²) in [7, 11) is 0. The Morgan fingerprint density at radius 2 is 2.19 bits per heavy atom. The highest BCUT2D eigenvalue weighted by Gasteiger charge is 2.23. The molecule has 1 heterocycles. The number of aliphatic hydroxyl groups is 1. The fourth-order valence-electron chi connectivity index (χ4n) is 1.92. The standard InChI is InChI=1S/C11H13N2O3/c12-5-9(15)6-1-3-8(14)11-7(6)2-4-10(16)13-11/h1,3,9,12,14-15H,2,4-5H2,(H,13,16). The summed E-state index contributed by atoms with van der Waals surface area (Å²) in [5, 5.41) is 21.9. The lowest BCUT2D eigenvalue weighted by molar-refractivity contribution is -0.116. The van der Waals surface area contributed by atoms with Crippen molar-refractivity contribution in [2.45, 2.75) is 18.9 Å². The molecule has 85 valence electrons. The molecule has 0 saturated carbocycles. The number of phenols is 1. The van der Waals surface area contributed by atoms with Crippen molar-refractivity contribution in [2.24, 2.45) is 0 Å². The molecule has 1 unspecified atom stereocenters. The van der Waals surface area contributed by atoms with Gasteiger partial charge in [0.15, 0.2) is 0 Å². The molecule has 2 rings (SSSR count). The van der Waals surface area contributed by atoms with Crippen LogP contribution in [0.15, 0.2) is 12.1 Å². The van der Waals surface area contributed by atoms with Crippen LogP contribution in [0, 0.1) is 0 Å². The van der Waals surface area contributed by atoms with Gasteiger partial charge < -0.3 is 15.5 Å². The number of amides is 1. The molecule has 1 radical (unpaired) electrons. The Bertz CT molecular complexity index is 431. The second kappa shape index (κ2) is 4.11. The topological polar surface area (TPSA) is 93.4 Å². The Morgan fingerprint density at radius 3 is 2.88 bits per heavy atom. The smallest absolute Gasteiger partial charge is 0.224 e. The molecular weight excluding hydrogens is 208 g/mol. The van der Waals surface area contributed by atoms with E-state index in [0.29, 0.717) is 24.1 Å². The van der Waals surface area contributed by atoms with Crippen LogP contribution in [0.1, 0.15) is 23.7 Å². The number of fused-ring (bicyclic) bond motifs is 1. The molecule has 1 aliphatic heterocycles. The van der Waals surface area contributed by atoms with E-state index < -0.39 is 6.10 Å². The van der Waals surface area contributed by atoms with Crippen molar-refractivity contribution in [2.75, 3.05) is 11.9 Å². The van der Waals surface area contributed by atoms with Crippen LogP contribution in [0.2, 0.25) is 0 Å². The molecule has 0 fully saturated rings. The minimum absolute atomic E-state index is 0.00369. The first-order chi connectivity index (χ1) is 7.63. The maximum Gasteiger partial charge on any atom is 0.224 e. The lowest BCUT2D eigenvalue weighted by Crippen LogP contribution is -2.21. The molecule has 16 heavy (non-hydrogen) atoms. The molecule has 0 spiro atoms. The fraction of sp³-hybridized carbons (Fsp3) is 0.364. The summed E-state index contributed by atoms with van der Waals surface area (Å²) in [6, 6.07) is 3.03. The van der Waals surface area contributed by atoms with Gasteiger partial charge in [-0.1, -0.05) is 6.07 Å². The Labute approximate surface area is 92.9 Å². The Morgan fingerprint density at radius 1 is 1.44 bits per heavy atom. The highest BCUT2D eigenvalue weighted by molar-refractivity contribution is 5.96. The zero-order valence-corrected chi connectivity index (χ0v) is 8.66. The summed E-state index contributed by atoms with van der Waals surface area (Å²) in [5.41, 5.74) is 8.88. The van der Waals surface area contributed by atoms with Crippen molar-refractivity contribution in [3.05, 3.63) is 23.3 Å². The van der Waals surface area contributed by atoms with Crippen molar-refractivity contribution < 1.29 is 15.0 Å². The van der Waals surface area contributed by atoms with Gasteiger partial charge in [0, 0.05) is 13.0 Å². The molecule has 1 aromatic rings. The Kier molecular flexibility index (Phi) is 2.80. The molecule has 1 atom stereocenters. The molecule has 5 heteroatoms. The van der Waals surface area contributed by atoms with Gasteiger partial charge in [0.25, 0.3) is 0 Å². The number of aliphatic hydroxyl groups excluding tert-OH is 1. The van der Waals surface area contributed by atoms with E-state index in [1.165, 1.54) is 6.07 Å². The van der Waals surface area contributed by atoms with Crippen molar-refractivity contribution in [1.82, 2.24) is 5.73 Å².